The Labute approximate surface area is 118 Å². The van der Waals surface area contributed by atoms with Gasteiger partial charge in [0.05, 0.1) is 16.8 Å². The maximum Gasteiger partial charge on any atom is 0.250 e. The molecule has 1 heterocycles. The number of primary amides is 1. The predicted octanol–water partition coefficient (Wildman–Crippen LogP) is 2.79. The van der Waals surface area contributed by atoms with Crippen LogP contribution in [0.2, 0.25) is 0 Å². The van der Waals surface area contributed by atoms with Gasteiger partial charge in [-0.05, 0) is 23.8 Å². The van der Waals surface area contributed by atoms with Crippen LogP contribution in [0.5, 0.6) is 0 Å². The number of halogens is 2. The number of aromatic amines is 1. The van der Waals surface area contributed by atoms with E-state index in [2.05, 4.69) is 4.98 Å². The number of anilines is 1. The van der Waals surface area contributed by atoms with Crippen LogP contribution in [-0.2, 0) is 0 Å². The number of nitrogen functional groups attached to an aromatic ring is 1. The summed E-state index contributed by atoms with van der Waals surface area (Å²) in [5, 5.41) is 0.608. The summed E-state index contributed by atoms with van der Waals surface area (Å²) in [4.78, 5) is 14.3. The van der Waals surface area contributed by atoms with Gasteiger partial charge in [-0.15, -0.1) is 0 Å². The van der Waals surface area contributed by atoms with E-state index >= 15 is 0 Å². The summed E-state index contributed by atoms with van der Waals surface area (Å²) in [6.45, 7) is 0. The largest absolute Gasteiger partial charge is 0.396 e. The second-order valence-corrected chi connectivity index (χ2v) is 4.64. The number of hydrogen-bond acceptors (Lipinski definition) is 2. The Hall–Kier alpha value is -2.89. The average molecular weight is 287 g/mol. The van der Waals surface area contributed by atoms with E-state index in [-0.39, 0.29) is 11.3 Å². The number of nitrogens with one attached hydrogen (secondary N) is 1. The Morgan fingerprint density at radius 3 is 2.52 bits per heavy atom. The van der Waals surface area contributed by atoms with Crippen molar-refractivity contribution in [2.75, 3.05) is 5.73 Å². The number of nitrogens with two attached hydrogens (primary N) is 2. The van der Waals surface area contributed by atoms with Crippen LogP contribution in [0.4, 0.5) is 14.5 Å². The maximum atomic E-state index is 14.0. The molecule has 0 fully saturated rings. The van der Waals surface area contributed by atoms with Crippen molar-refractivity contribution in [3.63, 3.8) is 0 Å². The summed E-state index contributed by atoms with van der Waals surface area (Å²) in [6, 6.07) is 6.72. The van der Waals surface area contributed by atoms with Gasteiger partial charge in [-0.3, -0.25) is 4.79 Å². The molecule has 4 nitrogen and oxygen atoms in total. The molecule has 5 N–H and O–H groups in total. The molecule has 1 aromatic heterocycles. The van der Waals surface area contributed by atoms with Gasteiger partial charge >= 0.3 is 0 Å². The summed E-state index contributed by atoms with van der Waals surface area (Å²) >= 11 is 0. The van der Waals surface area contributed by atoms with Crippen molar-refractivity contribution in [3.05, 3.63) is 53.7 Å². The van der Waals surface area contributed by atoms with Crippen molar-refractivity contribution >= 4 is 22.5 Å². The van der Waals surface area contributed by atoms with Crippen LogP contribution in [0, 0.1) is 11.6 Å². The maximum absolute atomic E-state index is 14.0. The molecule has 0 spiro atoms. The monoisotopic (exact) mass is 287 g/mol. The Morgan fingerprint density at radius 1 is 1.05 bits per heavy atom. The normalized spacial score (nSPS) is 11.0. The van der Waals surface area contributed by atoms with Crippen molar-refractivity contribution in [1.82, 2.24) is 4.98 Å². The quantitative estimate of drug-likeness (QED) is 0.633. The van der Waals surface area contributed by atoms with Gasteiger partial charge in [0.15, 0.2) is 0 Å². The van der Waals surface area contributed by atoms with Crippen LogP contribution in [0.1, 0.15) is 10.4 Å². The van der Waals surface area contributed by atoms with Gasteiger partial charge in [-0.1, -0.05) is 6.07 Å². The molecule has 0 aliphatic heterocycles. The second-order valence-electron chi connectivity index (χ2n) is 4.64. The highest BCUT2D eigenvalue weighted by molar-refractivity contribution is 6.09. The van der Waals surface area contributed by atoms with E-state index in [4.69, 9.17) is 11.5 Å². The van der Waals surface area contributed by atoms with Crippen molar-refractivity contribution in [1.29, 1.82) is 0 Å². The van der Waals surface area contributed by atoms with E-state index in [1.807, 2.05) is 0 Å². The highest BCUT2D eigenvalue weighted by Gasteiger charge is 2.16. The van der Waals surface area contributed by atoms with E-state index in [1.54, 1.807) is 18.3 Å². The van der Waals surface area contributed by atoms with Gasteiger partial charge in [0, 0.05) is 23.2 Å². The number of rotatable bonds is 2. The number of aromatic nitrogens is 1. The highest BCUT2D eigenvalue weighted by atomic mass is 19.1. The zero-order valence-electron chi connectivity index (χ0n) is 10.8. The number of hydrogen-bond donors (Lipinski definition) is 3. The van der Waals surface area contributed by atoms with E-state index in [9.17, 15) is 13.6 Å². The molecule has 0 aliphatic carbocycles. The minimum atomic E-state index is -0.810. The first-order chi connectivity index (χ1) is 9.99. The van der Waals surface area contributed by atoms with Gasteiger partial charge in [0.25, 0.3) is 5.91 Å². The first-order valence-corrected chi connectivity index (χ1v) is 6.14. The van der Waals surface area contributed by atoms with Gasteiger partial charge in [0.2, 0.25) is 0 Å². The summed E-state index contributed by atoms with van der Waals surface area (Å²) < 4.78 is 27.3. The summed E-state index contributed by atoms with van der Waals surface area (Å²) in [6.07, 6.45) is 1.62. The third-order valence-electron chi connectivity index (χ3n) is 3.37. The molecule has 3 rings (SSSR count). The number of benzene rings is 2. The molecule has 0 atom stereocenters. The SMILES string of the molecule is NC(=O)c1ccc(-c2cc(N)c(F)cc2F)c2cc[nH]c12. The fourth-order valence-electron chi connectivity index (χ4n) is 2.37. The molecule has 3 aromatic rings. The number of carbonyl (C=O) groups excluding carboxylic acids is 1. The number of fused-ring (bicyclic) bond motifs is 1. The van der Waals surface area contributed by atoms with Gasteiger partial charge < -0.3 is 16.5 Å². The molecule has 0 radical (unpaired) electrons. The minimum absolute atomic E-state index is 0.144. The lowest BCUT2D eigenvalue weighted by Crippen LogP contribution is -2.11. The molecule has 0 unspecified atom stereocenters. The molecular formula is C15H11F2N3O. The zero-order valence-corrected chi connectivity index (χ0v) is 10.8. The van der Waals surface area contributed by atoms with E-state index in [1.165, 1.54) is 12.1 Å². The standard InChI is InChI=1S/C15H11F2N3O/c16-11-6-12(17)13(18)5-10(11)7-1-2-9(15(19)21)14-8(7)3-4-20-14/h1-6,20H,18H2,(H2,19,21). The Bertz CT molecular complexity index is 871. The smallest absolute Gasteiger partial charge is 0.250 e. The lowest BCUT2D eigenvalue weighted by atomic mass is 9.98. The second kappa shape index (κ2) is 4.59. The van der Waals surface area contributed by atoms with Gasteiger partial charge in [0.1, 0.15) is 11.6 Å². The summed E-state index contributed by atoms with van der Waals surface area (Å²) in [7, 11) is 0. The molecule has 106 valence electrons. The van der Waals surface area contributed by atoms with Gasteiger partial charge in [-0.25, -0.2) is 8.78 Å². The lowest BCUT2D eigenvalue weighted by Gasteiger charge is -2.09. The van der Waals surface area contributed by atoms with Crippen molar-refractivity contribution in [2.45, 2.75) is 0 Å². The third-order valence-corrected chi connectivity index (χ3v) is 3.37. The molecule has 0 bridgehead atoms. The topological polar surface area (TPSA) is 84.9 Å². The molecule has 0 aliphatic rings. The number of H-pyrrole nitrogens is 1. The van der Waals surface area contributed by atoms with Crippen molar-refractivity contribution in [2.24, 2.45) is 5.73 Å². The molecule has 1 amide bonds. The molecule has 0 saturated carbocycles. The Balaban J connectivity index is 2.32. The number of amides is 1. The molecular weight excluding hydrogens is 276 g/mol. The van der Waals surface area contributed by atoms with Crippen LogP contribution in [0.25, 0.3) is 22.0 Å². The Morgan fingerprint density at radius 2 is 1.81 bits per heavy atom. The van der Waals surface area contributed by atoms with Crippen LogP contribution >= 0.6 is 0 Å². The summed E-state index contributed by atoms with van der Waals surface area (Å²) in [5.41, 5.74) is 12.1. The van der Waals surface area contributed by atoms with Crippen LogP contribution < -0.4 is 11.5 Å². The lowest BCUT2D eigenvalue weighted by molar-refractivity contribution is 0.100. The minimum Gasteiger partial charge on any atom is -0.396 e. The molecule has 6 heteroatoms. The predicted molar refractivity (Wildman–Crippen MR) is 76.6 cm³/mol. The van der Waals surface area contributed by atoms with Crippen molar-refractivity contribution in [3.8, 4) is 11.1 Å². The Kier molecular flexibility index (Phi) is 2.86. The first-order valence-electron chi connectivity index (χ1n) is 6.14. The van der Waals surface area contributed by atoms with Crippen molar-refractivity contribution < 1.29 is 13.6 Å². The third kappa shape index (κ3) is 2.01. The van der Waals surface area contributed by atoms with Crippen LogP contribution in [-0.4, -0.2) is 10.9 Å². The van der Waals surface area contributed by atoms with E-state index in [0.717, 1.165) is 6.07 Å². The number of carbonyl (C=O) groups is 1. The van der Waals surface area contributed by atoms with E-state index in [0.29, 0.717) is 22.0 Å². The molecule has 2 aromatic carbocycles. The van der Waals surface area contributed by atoms with Crippen LogP contribution in [0.15, 0.2) is 36.5 Å². The first kappa shape index (κ1) is 13.1. The molecule has 21 heavy (non-hydrogen) atoms. The average Bonchev–Trinajstić information content (AvgIpc) is 2.91. The van der Waals surface area contributed by atoms with E-state index < -0.39 is 17.5 Å². The summed E-state index contributed by atoms with van der Waals surface area (Å²) in [5.74, 6) is -2.13. The fourth-order valence-corrected chi connectivity index (χ4v) is 2.37. The highest BCUT2D eigenvalue weighted by Crippen LogP contribution is 2.33. The van der Waals surface area contributed by atoms with Gasteiger partial charge in [-0.2, -0.15) is 0 Å². The van der Waals surface area contributed by atoms with Crippen LogP contribution in [0.3, 0.4) is 0 Å². The molecule has 0 saturated heterocycles. The fraction of sp³-hybridized carbons (Fsp3) is 0. The zero-order chi connectivity index (χ0) is 15.1.